The lowest BCUT2D eigenvalue weighted by Gasteiger charge is -2.23. The third kappa shape index (κ3) is 5.61. The van der Waals surface area contributed by atoms with Crippen LogP contribution in [0.3, 0.4) is 0 Å². The number of rotatable bonds is 9. The number of aryl methyl sites for hydroxylation is 1. The summed E-state index contributed by atoms with van der Waals surface area (Å²) in [7, 11) is 0. The van der Waals surface area contributed by atoms with Crippen molar-refractivity contribution in [3.63, 3.8) is 0 Å². The second-order valence-electron chi connectivity index (χ2n) is 9.25. The average molecular weight is 585 g/mol. The van der Waals surface area contributed by atoms with Crippen LogP contribution in [-0.4, -0.2) is 41.0 Å². The number of thiazole rings is 1. The maximum Gasteiger partial charge on any atom is 0.350 e. The van der Waals surface area contributed by atoms with Gasteiger partial charge >= 0.3 is 11.9 Å². The summed E-state index contributed by atoms with van der Waals surface area (Å²) < 4.78 is 16.7. The van der Waals surface area contributed by atoms with Crippen molar-refractivity contribution in [2.24, 2.45) is 0 Å². The van der Waals surface area contributed by atoms with Crippen LogP contribution in [0.2, 0.25) is 0 Å². The van der Waals surface area contributed by atoms with Crippen molar-refractivity contribution in [2.75, 3.05) is 18.1 Å². The molecule has 3 aromatic carbocycles. The van der Waals surface area contributed by atoms with Crippen molar-refractivity contribution in [1.82, 2.24) is 4.98 Å². The Morgan fingerprint density at radius 3 is 2.38 bits per heavy atom. The van der Waals surface area contributed by atoms with Gasteiger partial charge in [0.25, 0.3) is 5.78 Å². The number of ether oxygens (including phenoxy) is 3. The highest BCUT2D eigenvalue weighted by Gasteiger charge is 2.48. The first-order chi connectivity index (χ1) is 20.3. The molecule has 5 rings (SSSR count). The predicted octanol–water partition coefficient (Wildman–Crippen LogP) is 6.45. The number of aromatic nitrogens is 1. The van der Waals surface area contributed by atoms with Crippen LogP contribution in [-0.2, 0) is 14.3 Å². The van der Waals surface area contributed by atoms with Gasteiger partial charge in [-0.15, -0.1) is 0 Å². The number of esters is 1. The molecule has 42 heavy (non-hydrogen) atoms. The number of carbonyl (C=O) groups is 3. The van der Waals surface area contributed by atoms with Crippen LogP contribution >= 0.6 is 11.3 Å². The third-order valence-corrected chi connectivity index (χ3v) is 7.60. The summed E-state index contributed by atoms with van der Waals surface area (Å²) in [5, 5.41) is 11.6. The molecule has 10 heteroatoms. The number of Topliss-reactive ketones (excluding diaryl/α,β-unsaturated/α-hetero) is 1. The largest absolute Gasteiger partial charge is 0.507 e. The number of carbonyl (C=O) groups excluding carboxylic acids is 3. The van der Waals surface area contributed by atoms with Gasteiger partial charge < -0.3 is 19.3 Å². The minimum absolute atomic E-state index is 0.124. The number of ketones is 1. The number of anilines is 1. The van der Waals surface area contributed by atoms with Crippen molar-refractivity contribution >= 4 is 39.9 Å². The Bertz CT molecular complexity index is 1680. The van der Waals surface area contributed by atoms with Crippen LogP contribution < -0.4 is 14.4 Å². The van der Waals surface area contributed by atoms with Crippen molar-refractivity contribution in [3.05, 3.63) is 106 Å². The molecule has 214 valence electrons. The van der Waals surface area contributed by atoms with Gasteiger partial charge in [-0.25, -0.2) is 9.78 Å². The monoisotopic (exact) mass is 584 g/mol. The number of hydrogen-bond acceptors (Lipinski definition) is 9. The van der Waals surface area contributed by atoms with E-state index in [1.54, 1.807) is 74.5 Å². The van der Waals surface area contributed by atoms with Crippen molar-refractivity contribution in [3.8, 4) is 17.2 Å². The molecule has 1 amide bonds. The summed E-state index contributed by atoms with van der Waals surface area (Å²) in [5.74, 6) is -1.15. The summed E-state index contributed by atoms with van der Waals surface area (Å²) >= 11 is 0.946. The third-order valence-electron chi connectivity index (χ3n) is 6.47. The zero-order chi connectivity index (χ0) is 29.8. The van der Waals surface area contributed by atoms with E-state index in [0.29, 0.717) is 40.7 Å². The molecular formula is C32H28N2O7S. The highest BCUT2D eigenvalue weighted by atomic mass is 32.1. The fourth-order valence-corrected chi connectivity index (χ4v) is 5.63. The topological polar surface area (TPSA) is 115 Å². The maximum absolute atomic E-state index is 13.6. The van der Waals surface area contributed by atoms with Gasteiger partial charge in [0, 0.05) is 5.56 Å². The molecule has 0 spiro atoms. The van der Waals surface area contributed by atoms with Crippen LogP contribution in [0.1, 0.15) is 46.4 Å². The fraction of sp³-hybridized carbons (Fsp3) is 0.188. The van der Waals surface area contributed by atoms with Gasteiger partial charge in [0.05, 0.1) is 30.5 Å². The summed E-state index contributed by atoms with van der Waals surface area (Å²) in [6.45, 7) is 5.74. The minimum Gasteiger partial charge on any atom is -0.507 e. The standard InChI is InChI=1S/C32H28N2O7S/c1-4-39-23-15-10-12-21(18-23)27(35)25-26(20-11-9-16-24(17-20)41-22-13-7-6-8-14-22)34(30(37)28(25)36)32-33-19(3)29(42-32)31(38)40-5-2/h6-18,26,35H,4-5H2,1-3H3. The molecule has 1 atom stereocenters. The number of amides is 1. The van der Waals surface area contributed by atoms with Crippen LogP contribution in [0.4, 0.5) is 5.13 Å². The van der Waals surface area contributed by atoms with Gasteiger partial charge in [-0.3, -0.25) is 14.5 Å². The molecule has 1 N–H and O–H groups in total. The Hall–Kier alpha value is -4.96. The Morgan fingerprint density at radius 2 is 1.64 bits per heavy atom. The van der Waals surface area contributed by atoms with E-state index < -0.39 is 23.7 Å². The van der Waals surface area contributed by atoms with E-state index >= 15 is 0 Å². The van der Waals surface area contributed by atoms with Gasteiger partial charge in [-0.2, -0.15) is 0 Å². The van der Waals surface area contributed by atoms with Gasteiger partial charge in [0.15, 0.2) is 5.13 Å². The number of benzene rings is 3. The van der Waals surface area contributed by atoms with Crippen LogP contribution in [0.5, 0.6) is 17.2 Å². The minimum atomic E-state index is -1.07. The summed E-state index contributed by atoms with van der Waals surface area (Å²) in [5.41, 5.74) is 1.04. The molecule has 1 aliphatic heterocycles. The molecule has 1 saturated heterocycles. The SMILES string of the molecule is CCOC(=O)c1sc(N2C(=O)C(=O)C(=C(O)c3cccc(OCC)c3)C2c2cccc(Oc3ccccc3)c2)nc1C. The fourth-order valence-electron chi connectivity index (χ4n) is 4.64. The van der Waals surface area contributed by atoms with Crippen LogP contribution in [0.15, 0.2) is 84.4 Å². The Kier molecular flexibility index (Phi) is 8.35. The number of para-hydroxylation sites is 1. The Balaban J connectivity index is 1.66. The second-order valence-corrected chi connectivity index (χ2v) is 10.2. The van der Waals surface area contributed by atoms with E-state index in [-0.39, 0.29) is 27.9 Å². The molecular weight excluding hydrogens is 556 g/mol. The van der Waals surface area contributed by atoms with E-state index in [1.807, 2.05) is 25.1 Å². The maximum atomic E-state index is 13.6. The summed E-state index contributed by atoms with van der Waals surface area (Å²) in [6, 6.07) is 21.7. The first-order valence-corrected chi connectivity index (χ1v) is 14.2. The molecule has 0 saturated carbocycles. The quantitative estimate of drug-likeness (QED) is 0.103. The molecule has 1 fully saturated rings. The van der Waals surface area contributed by atoms with Gasteiger partial charge in [0.1, 0.15) is 27.9 Å². The Labute approximate surface area is 246 Å². The first kappa shape index (κ1) is 28.6. The van der Waals surface area contributed by atoms with Gasteiger partial charge in [-0.1, -0.05) is 53.8 Å². The molecule has 2 heterocycles. The van der Waals surface area contributed by atoms with Crippen molar-refractivity contribution in [1.29, 1.82) is 0 Å². The normalized spacial score (nSPS) is 16.0. The molecule has 0 radical (unpaired) electrons. The zero-order valence-electron chi connectivity index (χ0n) is 23.2. The number of nitrogens with zero attached hydrogens (tertiary/aromatic N) is 2. The lowest BCUT2D eigenvalue weighted by Crippen LogP contribution is -2.29. The second kappa shape index (κ2) is 12.3. The molecule has 9 nitrogen and oxygen atoms in total. The highest BCUT2D eigenvalue weighted by molar-refractivity contribution is 7.17. The highest BCUT2D eigenvalue weighted by Crippen LogP contribution is 2.45. The van der Waals surface area contributed by atoms with E-state index in [2.05, 4.69) is 4.98 Å². The van der Waals surface area contributed by atoms with Crippen LogP contribution in [0.25, 0.3) is 5.76 Å². The Morgan fingerprint density at radius 1 is 0.929 bits per heavy atom. The van der Waals surface area contributed by atoms with E-state index in [1.165, 1.54) is 4.90 Å². The predicted molar refractivity (Wildman–Crippen MR) is 158 cm³/mol. The molecule has 1 aromatic heterocycles. The smallest absolute Gasteiger partial charge is 0.350 e. The van der Waals surface area contributed by atoms with Crippen LogP contribution in [0, 0.1) is 6.92 Å². The molecule has 1 unspecified atom stereocenters. The number of aliphatic hydroxyl groups excluding tert-OH is 1. The summed E-state index contributed by atoms with van der Waals surface area (Å²) in [4.78, 5) is 45.7. The summed E-state index contributed by atoms with van der Waals surface area (Å²) in [6.07, 6.45) is 0. The van der Waals surface area contributed by atoms with E-state index in [9.17, 15) is 19.5 Å². The first-order valence-electron chi connectivity index (χ1n) is 13.3. The molecule has 4 aromatic rings. The molecule has 0 aliphatic carbocycles. The van der Waals surface area contributed by atoms with Gasteiger partial charge in [-0.05, 0) is 62.7 Å². The lowest BCUT2D eigenvalue weighted by molar-refractivity contribution is -0.132. The van der Waals surface area contributed by atoms with E-state index in [0.717, 1.165) is 11.3 Å². The average Bonchev–Trinajstić information content (AvgIpc) is 3.50. The van der Waals surface area contributed by atoms with Crippen molar-refractivity contribution in [2.45, 2.75) is 26.8 Å². The number of hydrogen-bond donors (Lipinski definition) is 1. The zero-order valence-corrected chi connectivity index (χ0v) is 24.0. The van der Waals surface area contributed by atoms with Crippen molar-refractivity contribution < 1.29 is 33.7 Å². The molecule has 0 bridgehead atoms. The lowest BCUT2D eigenvalue weighted by atomic mass is 9.95. The van der Waals surface area contributed by atoms with Gasteiger partial charge in [0.2, 0.25) is 0 Å². The van der Waals surface area contributed by atoms with E-state index in [4.69, 9.17) is 14.2 Å². The number of aliphatic hydroxyl groups is 1. The molecule has 1 aliphatic rings.